The molecule has 0 aromatic carbocycles. The molecule has 0 atom stereocenters. The Labute approximate surface area is 221 Å². The van der Waals surface area contributed by atoms with E-state index in [4.69, 9.17) is 0 Å². The van der Waals surface area contributed by atoms with Gasteiger partial charge in [-0.15, -0.1) is 22.7 Å². The second-order valence-electron chi connectivity index (χ2n) is 6.57. The summed E-state index contributed by atoms with van der Waals surface area (Å²) in [4.78, 5) is 9.41. The zero-order valence-corrected chi connectivity index (χ0v) is 21.3. The van der Waals surface area contributed by atoms with Gasteiger partial charge in [0.25, 0.3) is 0 Å². The van der Waals surface area contributed by atoms with Gasteiger partial charge in [0.1, 0.15) is 0 Å². The first kappa shape index (κ1) is 27.7. The number of rotatable bonds is 6. The molecule has 4 heterocycles. The van der Waals surface area contributed by atoms with Crippen molar-refractivity contribution in [3.8, 4) is 0 Å². The van der Waals surface area contributed by atoms with Crippen LogP contribution in [0.4, 0.5) is 0 Å². The van der Waals surface area contributed by atoms with E-state index < -0.39 is 0 Å². The van der Waals surface area contributed by atoms with E-state index in [0.29, 0.717) is 21.2 Å². The summed E-state index contributed by atoms with van der Waals surface area (Å²) < 4.78 is 0. The van der Waals surface area contributed by atoms with Gasteiger partial charge in [0.15, 0.2) is 0 Å². The van der Waals surface area contributed by atoms with Crippen molar-refractivity contribution in [1.82, 2.24) is 9.97 Å². The quantitative estimate of drug-likeness (QED) is 0.159. The first-order valence-corrected chi connectivity index (χ1v) is 11.8. The van der Waals surface area contributed by atoms with Crippen molar-refractivity contribution in [2.75, 3.05) is 0 Å². The minimum absolute atomic E-state index is 0. The number of hydrogen-bond acceptors (Lipinski definition) is 10. The summed E-state index contributed by atoms with van der Waals surface area (Å²) in [7, 11) is 0. The summed E-state index contributed by atoms with van der Waals surface area (Å²) in [6.45, 7) is 3.54. The van der Waals surface area contributed by atoms with Crippen molar-refractivity contribution in [3.63, 3.8) is 0 Å². The van der Waals surface area contributed by atoms with Crippen LogP contribution in [0, 0.1) is 0 Å². The summed E-state index contributed by atoms with van der Waals surface area (Å²) in [5, 5.41) is 41.9. The molecule has 0 fully saturated rings. The molecule has 4 aromatic heterocycles. The van der Waals surface area contributed by atoms with Gasteiger partial charge in [0.05, 0.1) is 22.8 Å². The van der Waals surface area contributed by atoms with Crippen LogP contribution in [0.2, 0.25) is 0 Å². The molecule has 180 valence electrons. The number of aromatic nitrogens is 2. The molecule has 11 heteroatoms. The monoisotopic (exact) mass is 546 g/mol. The van der Waals surface area contributed by atoms with E-state index in [0.717, 1.165) is 11.4 Å². The Hall–Kier alpha value is -3.53. The van der Waals surface area contributed by atoms with E-state index in [1.165, 1.54) is 22.7 Å². The van der Waals surface area contributed by atoms with Gasteiger partial charge in [-0.1, -0.05) is 24.3 Å². The van der Waals surface area contributed by atoms with Crippen molar-refractivity contribution < 1.29 is 26.7 Å². The minimum atomic E-state index is -0.324. The van der Waals surface area contributed by atoms with E-state index in [2.05, 4.69) is 30.4 Å². The molecule has 0 aliphatic carbocycles. The first-order chi connectivity index (χ1) is 16.5. The molecule has 0 aliphatic heterocycles. The van der Waals surface area contributed by atoms with Gasteiger partial charge < -0.3 is 10.2 Å². The van der Waals surface area contributed by atoms with Crippen LogP contribution in [0.3, 0.4) is 0 Å². The molecule has 0 amide bonds. The van der Waals surface area contributed by atoms with Crippen LogP contribution < -0.4 is 10.2 Å². The standard InChI is InChI=1S/2C12H11N3OS.Ni/c2*1-9(10-5-2-3-7-13-10)14-15-12(16)11-6-4-8-17-11;/h2*2-8H,1H3,(H,15,16);/q;;+2/p-2/b2*14-9+;. The summed E-state index contributed by atoms with van der Waals surface area (Å²) in [5.74, 6) is -0.648. The number of nitrogens with zero attached hydrogens (tertiary/aromatic N) is 6. The van der Waals surface area contributed by atoms with Gasteiger partial charge in [-0.25, -0.2) is 0 Å². The number of pyridine rings is 2. The summed E-state index contributed by atoms with van der Waals surface area (Å²) in [5.41, 5.74) is 2.68. The number of thiophene rings is 2. The molecule has 4 aromatic rings. The Morgan fingerprint density at radius 1 is 0.629 bits per heavy atom. The van der Waals surface area contributed by atoms with Crippen LogP contribution in [-0.4, -0.2) is 33.2 Å². The predicted molar refractivity (Wildman–Crippen MR) is 135 cm³/mol. The zero-order chi connectivity index (χ0) is 24.2. The Morgan fingerprint density at radius 3 is 1.37 bits per heavy atom. The smallest absolute Gasteiger partial charge is 0.856 e. The molecule has 0 saturated heterocycles. The third-order valence-corrected chi connectivity index (χ3v) is 5.83. The molecule has 35 heavy (non-hydrogen) atoms. The molecule has 0 aliphatic rings. The zero-order valence-electron chi connectivity index (χ0n) is 18.7. The average molecular weight is 547 g/mol. The molecule has 0 spiro atoms. The minimum Gasteiger partial charge on any atom is -0.856 e. The third-order valence-electron chi connectivity index (χ3n) is 4.12. The van der Waals surface area contributed by atoms with Crippen LogP contribution >= 0.6 is 22.7 Å². The Kier molecular flexibility index (Phi) is 11.6. The molecule has 4 rings (SSSR count). The normalized spacial score (nSPS) is 12.4. The SMILES string of the molecule is C/C(=N\N=C(/[O-])c1cccs1)c1ccccn1.C/C(=N\N=C(/[O-])c1cccs1)c1ccccn1.[Ni+2]. The van der Waals surface area contributed by atoms with E-state index in [1.54, 1.807) is 38.4 Å². The van der Waals surface area contributed by atoms with Crippen molar-refractivity contribution >= 4 is 45.9 Å². The second kappa shape index (κ2) is 14.7. The van der Waals surface area contributed by atoms with E-state index >= 15 is 0 Å². The molecule has 0 bridgehead atoms. The molecule has 0 unspecified atom stereocenters. The van der Waals surface area contributed by atoms with Crippen molar-refractivity contribution in [1.29, 1.82) is 0 Å². The Bertz CT molecular complexity index is 1170. The second-order valence-corrected chi connectivity index (χ2v) is 8.46. The predicted octanol–water partition coefficient (Wildman–Crippen LogP) is 3.35. The molecule has 0 N–H and O–H groups in total. The van der Waals surface area contributed by atoms with Gasteiger partial charge in [0, 0.05) is 33.9 Å². The Balaban J connectivity index is 0.000000240. The Morgan fingerprint density at radius 2 is 1.06 bits per heavy atom. The van der Waals surface area contributed by atoms with Gasteiger partial charge in [0.2, 0.25) is 0 Å². The molecular weight excluding hydrogens is 527 g/mol. The van der Waals surface area contributed by atoms with Crippen molar-refractivity contribution in [2.24, 2.45) is 20.4 Å². The van der Waals surface area contributed by atoms with Crippen LogP contribution in [0.25, 0.3) is 0 Å². The summed E-state index contributed by atoms with van der Waals surface area (Å²) >= 11 is 2.70. The van der Waals surface area contributed by atoms with E-state index in [-0.39, 0.29) is 28.3 Å². The van der Waals surface area contributed by atoms with Gasteiger partial charge >= 0.3 is 16.5 Å². The average Bonchev–Trinajstić information content (AvgIpc) is 3.62. The van der Waals surface area contributed by atoms with Crippen LogP contribution in [-0.2, 0) is 16.5 Å². The maximum atomic E-state index is 11.6. The van der Waals surface area contributed by atoms with Crippen LogP contribution in [0.15, 0.2) is 104 Å². The summed E-state index contributed by atoms with van der Waals surface area (Å²) in [6, 6.07) is 18.1. The topological polar surface area (TPSA) is 121 Å². The third kappa shape index (κ3) is 8.97. The number of hydrogen-bond donors (Lipinski definition) is 0. The molecule has 0 radical (unpaired) electrons. The fourth-order valence-corrected chi connectivity index (χ4v) is 3.60. The fourth-order valence-electron chi connectivity index (χ4n) is 2.40. The van der Waals surface area contributed by atoms with E-state index in [1.807, 2.05) is 59.3 Å². The fraction of sp³-hybridized carbons (Fsp3) is 0.0833. The van der Waals surface area contributed by atoms with Crippen molar-refractivity contribution in [3.05, 3.63) is 105 Å². The summed E-state index contributed by atoms with van der Waals surface area (Å²) in [6.07, 6.45) is 3.35. The van der Waals surface area contributed by atoms with Crippen molar-refractivity contribution in [2.45, 2.75) is 13.8 Å². The molecular formula is C24H20N6NiO2S2. The van der Waals surface area contributed by atoms with E-state index in [9.17, 15) is 10.2 Å². The maximum Gasteiger partial charge on any atom is 2.00 e. The van der Waals surface area contributed by atoms with Crippen LogP contribution in [0.5, 0.6) is 0 Å². The van der Waals surface area contributed by atoms with Gasteiger partial charge in [-0.05, 0) is 61.0 Å². The first-order valence-electron chi connectivity index (χ1n) is 10.0. The molecule has 8 nitrogen and oxygen atoms in total. The van der Waals surface area contributed by atoms with Gasteiger partial charge in [-0.3, -0.25) is 9.97 Å². The largest absolute Gasteiger partial charge is 2.00 e. The van der Waals surface area contributed by atoms with Crippen LogP contribution in [0.1, 0.15) is 35.0 Å². The molecule has 0 saturated carbocycles. The maximum absolute atomic E-state index is 11.6. The van der Waals surface area contributed by atoms with Gasteiger partial charge in [-0.2, -0.15) is 20.4 Å².